The highest BCUT2D eigenvalue weighted by Crippen LogP contribution is 2.42. The molecule has 2 saturated heterocycles. The molecule has 0 spiro atoms. The van der Waals surface area contributed by atoms with E-state index in [1.165, 1.54) is 77.0 Å². The SMILES string of the molecule is CC1=C(C(=O)O)N2C(=O)[C@@H](NC(=O)[C@H](NC(=O)C3=C(C)CS[C@@H]4[C@H](NC(=O)[C@H](N)c5ccc(O)cc5)C(=O)N34)c3ccc(O)cc3)[C@H]2SC1. The van der Waals surface area contributed by atoms with E-state index in [-0.39, 0.29) is 28.5 Å². The number of nitrogens with two attached hydrogens (primary N) is 1. The van der Waals surface area contributed by atoms with Gasteiger partial charge in [0.15, 0.2) is 0 Å². The van der Waals surface area contributed by atoms with Crippen molar-refractivity contribution in [2.75, 3.05) is 11.5 Å². The van der Waals surface area contributed by atoms with E-state index in [9.17, 15) is 44.1 Å². The smallest absolute Gasteiger partial charge is 0.352 e. The van der Waals surface area contributed by atoms with Gasteiger partial charge in [-0.3, -0.25) is 33.8 Å². The second-order valence-electron chi connectivity index (χ2n) is 11.9. The molecular formula is C32H32N6O9S2. The fraction of sp³-hybridized carbons (Fsp3) is 0.312. The summed E-state index contributed by atoms with van der Waals surface area (Å²) in [5.74, 6) is -3.92. The predicted octanol–water partition coefficient (Wildman–Crippen LogP) is 0.388. The number of β-lactam (4-membered cyclic amide) rings is 2. The van der Waals surface area contributed by atoms with Gasteiger partial charge in [-0.05, 0) is 60.4 Å². The Morgan fingerprint density at radius 2 is 1.20 bits per heavy atom. The molecule has 0 unspecified atom stereocenters. The number of hydrogen-bond acceptors (Lipinski definition) is 11. The molecule has 4 aliphatic rings. The number of nitrogens with one attached hydrogen (secondary N) is 3. The molecule has 6 atom stereocenters. The summed E-state index contributed by atoms with van der Waals surface area (Å²) in [7, 11) is 0. The molecule has 15 nitrogen and oxygen atoms in total. The van der Waals surface area contributed by atoms with Gasteiger partial charge in [0.05, 0.1) is 0 Å². The van der Waals surface area contributed by atoms with Crippen LogP contribution in [0.15, 0.2) is 71.1 Å². The molecule has 2 aromatic rings. The second kappa shape index (κ2) is 13.1. The molecule has 5 amide bonds. The first-order valence-electron chi connectivity index (χ1n) is 15.1. The van der Waals surface area contributed by atoms with Gasteiger partial charge in [0, 0.05) is 11.5 Å². The lowest BCUT2D eigenvalue weighted by atomic mass is 9.99. The fourth-order valence-electron chi connectivity index (χ4n) is 6.05. The van der Waals surface area contributed by atoms with Gasteiger partial charge in [0.1, 0.15) is 57.8 Å². The van der Waals surface area contributed by atoms with E-state index in [0.29, 0.717) is 28.2 Å². The quantitative estimate of drug-likeness (QED) is 0.175. The molecule has 49 heavy (non-hydrogen) atoms. The Bertz CT molecular complexity index is 1830. The normalized spacial score (nSPS) is 24.1. The van der Waals surface area contributed by atoms with Crippen molar-refractivity contribution in [3.8, 4) is 11.5 Å². The van der Waals surface area contributed by atoms with Crippen LogP contribution < -0.4 is 21.7 Å². The third-order valence-corrected chi connectivity index (χ3v) is 11.5. The van der Waals surface area contributed by atoms with Gasteiger partial charge in [-0.15, -0.1) is 23.5 Å². The van der Waals surface area contributed by atoms with Crippen LogP contribution in [0.1, 0.15) is 37.1 Å². The van der Waals surface area contributed by atoms with Gasteiger partial charge in [-0.2, -0.15) is 0 Å². The van der Waals surface area contributed by atoms with E-state index in [0.717, 1.165) is 4.90 Å². The van der Waals surface area contributed by atoms with Crippen molar-refractivity contribution < 1.29 is 44.1 Å². The first kappa shape index (κ1) is 33.9. The highest BCUT2D eigenvalue weighted by atomic mass is 32.2. The van der Waals surface area contributed by atoms with Gasteiger partial charge in [0.2, 0.25) is 11.8 Å². The Labute approximate surface area is 287 Å². The van der Waals surface area contributed by atoms with E-state index >= 15 is 0 Å². The number of amides is 5. The number of carboxylic acid groups (broad SMARTS) is 1. The van der Waals surface area contributed by atoms with Gasteiger partial charge >= 0.3 is 5.97 Å². The van der Waals surface area contributed by atoms with Gasteiger partial charge < -0.3 is 37.0 Å². The van der Waals surface area contributed by atoms with Crippen molar-refractivity contribution in [3.63, 3.8) is 0 Å². The van der Waals surface area contributed by atoms with E-state index < -0.39 is 70.4 Å². The molecule has 0 radical (unpaired) electrons. The zero-order valence-corrected chi connectivity index (χ0v) is 27.7. The van der Waals surface area contributed by atoms with Gasteiger partial charge in [-0.1, -0.05) is 24.3 Å². The average Bonchev–Trinajstić information content (AvgIpc) is 3.08. The number of phenolic OH excluding ortho intramolecular Hbond substituents is 2. The van der Waals surface area contributed by atoms with Crippen LogP contribution in [0.25, 0.3) is 0 Å². The lowest BCUT2D eigenvalue weighted by Crippen LogP contribution is -2.72. The van der Waals surface area contributed by atoms with Crippen molar-refractivity contribution >= 4 is 59.0 Å². The Morgan fingerprint density at radius 3 is 1.71 bits per heavy atom. The van der Waals surface area contributed by atoms with E-state index in [1.807, 2.05) is 0 Å². The van der Waals surface area contributed by atoms with Crippen LogP contribution in [0.5, 0.6) is 11.5 Å². The number of phenols is 2. The number of carbonyl (C=O) groups is 6. The number of carboxylic acids is 1. The lowest BCUT2D eigenvalue weighted by Gasteiger charge is -2.50. The molecule has 2 aromatic carbocycles. The molecular weight excluding hydrogens is 677 g/mol. The standard InChI is InChI=1S/C32H32N6O9S2/c1-13-11-48-30-21(35-25(41)19(33)15-3-7-17(39)8-4-15)28(44)37(30)23(13)27(43)34-20(16-5-9-18(40)10-6-16)26(42)36-22-29(45)38-24(32(46)47)14(2)12-49-31(22)38/h3-10,19-22,30-31,39-40H,11-12,33H2,1-2H3,(H,34,43)(H,35,41)(H,36,42)(H,46,47)/t19-,20-,21-,22-,30-,31-/m1/s1. The summed E-state index contributed by atoms with van der Waals surface area (Å²) < 4.78 is 0. The van der Waals surface area contributed by atoms with Crippen LogP contribution in [0, 0.1) is 0 Å². The topological polar surface area (TPSA) is 232 Å². The number of hydrogen-bond donors (Lipinski definition) is 7. The Morgan fingerprint density at radius 1 is 0.755 bits per heavy atom. The number of rotatable bonds is 9. The zero-order valence-electron chi connectivity index (χ0n) is 26.1. The maximum absolute atomic E-state index is 13.9. The number of benzene rings is 2. The molecule has 2 fully saturated rings. The molecule has 8 N–H and O–H groups in total. The highest BCUT2D eigenvalue weighted by molar-refractivity contribution is 8.00. The molecule has 6 rings (SSSR count). The minimum Gasteiger partial charge on any atom is -0.508 e. The largest absolute Gasteiger partial charge is 0.508 e. The molecule has 0 bridgehead atoms. The summed E-state index contributed by atoms with van der Waals surface area (Å²) in [6, 6.07) is 6.77. The molecule has 0 aromatic heterocycles. The summed E-state index contributed by atoms with van der Waals surface area (Å²) >= 11 is 2.65. The predicted molar refractivity (Wildman–Crippen MR) is 177 cm³/mol. The molecule has 256 valence electrons. The number of aromatic hydroxyl groups is 2. The number of fused-ring (bicyclic) bond motifs is 2. The van der Waals surface area contributed by atoms with Gasteiger partial charge in [0.25, 0.3) is 17.7 Å². The van der Waals surface area contributed by atoms with Crippen molar-refractivity contribution in [1.82, 2.24) is 25.8 Å². The zero-order chi connectivity index (χ0) is 35.3. The first-order chi connectivity index (χ1) is 23.3. The summed E-state index contributed by atoms with van der Waals surface area (Å²) in [4.78, 5) is 81.2. The average molecular weight is 709 g/mol. The van der Waals surface area contributed by atoms with E-state index in [2.05, 4.69) is 16.0 Å². The van der Waals surface area contributed by atoms with Crippen LogP contribution in [-0.2, 0) is 28.8 Å². The summed E-state index contributed by atoms with van der Waals surface area (Å²) in [6.45, 7) is 3.30. The molecule has 0 saturated carbocycles. The van der Waals surface area contributed by atoms with Gasteiger partial charge in [-0.25, -0.2) is 4.79 Å². The van der Waals surface area contributed by atoms with Crippen molar-refractivity contribution in [2.24, 2.45) is 5.73 Å². The molecule has 17 heteroatoms. The number of carbonyl (C=O) groups excluding carboxylic acids is 5. The van der Waals surface area contributed by atoms with Crippen molar-refractivity contribution in [1.29, 1.82) is 0 Å². The highest BCUT2D eigenvalue weighted by Gasteiger charge is 2.55. The number of thioether (sulfide) groups is 2. The molecule has 4 aliphatic heterocycles. The number of nitrogens with zero attached hydrogens (tertiary/aromatic N) is 2. The fourth-order valence-corrected chi connectivity index (χ4v) is 8.63. The number of aliphatic carboxylic acids is 1. The Hall–Kier alpha value is -5.00. The summed E-state index contributed by atoms with van der Waals surface area (Å²) in [5, 5.41) is 35.7. The van der Waals surface area contributed by atoms with Crippen LogP contribution in [0.2, 0.25) is 0 Å². The first-order valence-corrected chi connectivity index (χ1v) is 17.2. The van der Waals surface area contributed by atoms with Crippen LogP contribution in [-0.4, -0.2) is 95.0 Å². The Kier molecular flexibility index (Phi) is 9.08. The minimum atomic E-state index is -1.37. The summed E-state index contributed by atoms with van der Waals surface area (Å²) in [5.41, 5.74) is 7.76. The minimum absolute atomic E-state index is 0.00564. The van der Waals surface area contributed by atoms with Crippen molar-refractivity contribution in [3.05, 3.63) is 82.2 Å². The lowest BCUT2D eigenvalue weighted by molar-refractivity contribution is -0.151. The van der Waals surface area contributed by atoms with Crippen molar-refractivity contribution in [2.45, 2.75) is 48.8 Å². The van der Waals surface area contributed by atoms with Crippen LogP contribution in [0.4, 0.5) is 0 Å². The third kappa shape index (κ3) is 6.08. The van der Waals surface area contributed by atoms with E-state index in [1.54, 1.807) is 13.8 Å². The third-order valence-electron chi connectivity index (χ3n) is 8.63. The molecule has 0 aliphatic carbocycles. The monoisotopic (exact) mass is 708 g/mol. The molecule has 4 heterocycles. The summed E-state index contributed by atoms with van der Waals surface area (Å²) in [6.07, 6.45) is 0. The van der Waals surface area contributed by atoms with Crippen LogP contribution >= 0.6 is 23.5 Å². The maximum atomic E-state index is 13.9. The van der Waals surface area contributed by atoms with Crippen LogP contribution in [0.3, 0.4) is 0 Å². The maximum Gasteiger partial charge on any atom is 0.352 e. The second-order valence-corrected chi connectivity index (χ2v) is 14.1. The Balaban J connectivity index is 1.17. The van der Waals surface area contributed by atoms with E-state index in [4.69, 9.17) is 5.73 Å².